The highest BCUT2D eigenvalue weighted by Gasteiger charge is 2.08. The molecule has 0 radical (unpaired) electrons. The lowest BCUT2D eigenvalue weighted by Crippen LogP contribution is -2.12. The largest absolute Gasteiger partial charge is 0.330 e. The van der Waals surface area contributed by atoms with Crippen LogP contribution in [0, 0.1) is 6.92 Å². The van der Waals surface area contributed by atoms with Crippen LogP contribution in [0.4, 0.5) is 0 Å². The third-order valence-electron chi connectivity index (χ3n) is 1.67. The van der Waals surface area contributed by atoms with Crippen LogP contribution in [0.3, 0.4) is 0 Å². The summed E-state index contributed by atoms with van der Waals surface area (Å²) in [5.74, 6) is 1.29. The second kappa shape index (κ2) is 4.14. The predicted molar refractivity (Wildman–Crippen MR) is 54.7 cm³/mol. The van der Waals surface area contributed by atoms with Gasteiger partial charge in [0, 0.05) is 22.2 Å². The zero-order valence-corrected chi connectivity index (χ0v) is 8.29. The smallest absolute Gasteiger partial charge is 0.0144 e. The number of nitrogens with two attached hydrogens (primary N) is 1. The predicted octanol–water partition coefficient (Wildman–Crippen LogP) is 2.03. The molecule has 62 valence electrons. The van der Waals surface area contributed by atoms with Gasteiger partial charge in [-0.05, 0) is 24.8 Å². The van der Waals surface area contributed by atoms with Crippen molar-refractivity contribution in [3.05, 3.63) is 21.9 Å². The molecule has 0 fully saturated rings. The number of thiol groups is 1. The van der Waals surface area contributed by atoms with Crippen LogP contribution in [0.15, 0.2) is 12.1 Å². The molecule has 11 heavy (non-hydrogen) atoms. The maximum Gasteiger partial charge on any atom is 0.0144 e. The van der Waals surface area contributed by atoms with Gasteiger partial charge in [-0.25, -0.2) is 0 Å². The minimum atomic E-state index is 0.442. The van der Waals surface area contributed by atoms with Crippen LogP contribution in [0.25, 0.3) is 0 Å². The number of aryl methyl sites for hydroxylation is 1. The van der Waals surface area contributed by atoms with Gasteiger partial charge in [-0.3, -0.25) is 0 Å². The first kappa shape index (κ1) is 9.10. The first-order valence-corrected chi connectivity index (χ1v) is 5.10. The molecular formula is C8H13NS2. The van der Waals surface area contributed by atoms with Crippen LogP contribution < -0.4 is 5.73 Å². The quantitative estimate of drug-likeness (QED) is 0.696. The lowest BCUT2D eigenvalue weighted by atomic mass is 10.1. The number of hydrogen-bond donors (Lipinski definition) is 2. The van der Waals surface area contributed by atoms with Crippen molar-refractivity contribution < 1.29 is 0 Å². The molecule has 0 bridgehead atoms. The second-order valence-electron chi connectivity index (χ2n) is 2.56. The van der Waals surface area contributed by atoms with E-state index in [0.717, 1.165) is 5.75 Å². The summed E-state index contributed by atoms with van der Waals surface area (Å²) in [4.78, 5) is 2.71. The maximum absolute atomic E-state index is 5.58. The summed E-state index contributed by atoms with van der Waals surface area (Å²) in [5.41, 5.74) is 5.58. The SMILES string of the molecule is Cc1ccc(C(CN)CS)s1. The van der Waals surface area contributed by atoms with E-state index < -0.39 is 0 Å². The lowest BCUT2D eigenvalue weighted by molar-refractivity contribution is 0.803. The van der Waals surface area contributed by atoms with Crippen molar-refractivity contribution in [2.24, 2.45) is 5.73 Å². The van der Waals surface area contributed by atoms with E-state index in [2.05, 4.69) is 31.7 Å². The fraction of sp³-hybridized carbons (Fsp3) is 0.500. The molecule has 0 aliphatic carbocycles. The third-order valence-corrected chi connectivity index (χ3v) is 3.27. The van der Waals surface area contributed by atoms with E-state index in [-0.39, 0.29) is 0 Å². The Kier molecular flexibility index (Phi) is 3.43. The minimum absolute atomic E-state index is 0.442. The fourth-order valence-corrected chi connectivity index (χ4v) is 2.41. The summed E-state index contributed by atoms with van der Waals surface area (Å²) in [5, 5.41) is 0. The molecule has 1 aromatic heterocycles. The summed E-state index contributed by atoms with van der Waals surface area (Å²) in [6, 6.07) is 4.28. The number of hydrogen-bond acceptors (Lipinski definition) is 3. The van der Waals surface area contributed by atoms with E-state index in [0.29, 0.717) is 12.5 Å². The highest BCUT2D eigenvalue weighted by molar-refractivity contribution is 7.80. The summed E-state index contributed by atoms with van der Waals surface area (Å²) < 4.78 is 0. The zero-order valence-electron chi connectivity index (χ0n) is 6.58. The highest BCUT2D eigenvalue weighted by atomic mass is 32.1. The summed E-state index contributed by atoms with van der Waals surface area (Å²) in [6.45, 7) is 2.81. The van der Waals surface area contributed by atoms with Gasteiger partial charge in [0.2, 0.25) is 0 Å². The maximum atomic E-state index is 5.58. The molecule has 0 aliphatic heterocycles. The van der Waals surface area contributed by atoms with E-state index >= 15 is 0 Å². The van der Waals surface area contributed by atoms with Crippen LogP contribution >= 0.6 is 24.0 Å². The molecule has 1 heterocycles. The Bertz CT molecular complexity index is 216. The molecule has 1 rings (SSSR count). The standard InChI is InChI=1S/C8H13NS2/c1-6-2-3-8(11-6)7(4-9)5-10/h2-3,7,10H,4-5,9H2,1H3. The van der Waals surface area contributed by atoms with Gasteiger partial charge in [-0.2, -0.15) is 12.6 Å². The normalized spacial score (nSPS) is 13.4. The van der Waals surface area contributed by atoms with Crippen molar-refractivity contribution in [1.82, 2.24) is 0 Å². The van der Waals surface area contributed by atoms with Gasteiger partial charge in [0.1, 0.15) is 0 Å². The molecule has 1 unspecified atom stereocenters. The van der Waals surface area contributed by atoms with Crippen molar-refractivity contribution in [3.63, 3.8) is 0 Å². The Morgan fingerprint density at radius 1 is 1.64 bits per heavy atom. The van der Waals surface area contributed by atoms with Crippen LogP contribution in [0.5, 0.6) is 0 Å². The molecular weight excluding hydrogens is 174 g/mol. The topological polar surface area (TPSA) is 26.0 Å². The molecule has 2 N–H and O–H groups in total. The molecule has 0 aromatic carbocycles. The second-order valence-corrected chi connectivity index (χ2v) is 4.25. The first-order valence-electron chi connectivity index (χ1n) is 3.65. The van der Waals surface area contributed by atoms with E-state index in [1.807, 2.05) is 11.3 Å². The molecule has 1 atom stereocenters. The van der Waals surface area contributed by atoms with Gasteiger partial charge < -0.3 is 5.73 Å². The van der Waals surface area contributed by atoms with Crippen molar-refractivity contribution in [2.75, 3.05) is 12.3 Å². The summed E-state index contributed by atoms with van der Waals surface area (Å²) >= 11 is 6.06. The average molecular weight is 187 g/mol. The van der Waals surface area contributed by atoms with Gasteiger partial charge in [-0.1, -0.05) is 0 Å². The van der Waals surface area contributed by atoms with E-state index in [4.69, 9.17) is 5.73 Å². The first-order chi connectivity index (χ1) is 5.27. The minimum Gasteiger partial charge on any atom is -0.330 e. The van der Waals surface area contributed by atoms with Gasteiger partial charge in [-0.15, -0.1) is 11.3 Å². The van der Waals surface area contributed by atoms with Crippen molar-refractivity contribution in [1.29, 1.82) is 0 Å². The van der Waals surface area contributed by atoms with Gasteiger partial charge >= 0.3 is 0 Å². The molecule has 0 aliphatic rings. The molecule has 1 nitrogen and oxygen atoms in total. The van der Waals surface area contributed by atoms with E-state index in [9.17, 15) is 0 Å². The van der Waals surface area contributed by atoms with Gasteiger partial charge in [0.25, 0.3) is 0 Å². The van der Waals surface area contributed by atoms with Crippen LogP contribution in [-0.4, -0.2) is 12.3 Å². The Labute approximate surface area is 77.0 Å². The van der Waals surface area contributed by atoms with E-state index in [1.54, 1.807) is 0 Å². The Balaban J connectivity index is 2.73. The Morgan fingerprint density at radius 3 is 2.73 bits per heavy atom. The number of thiophene rings is 1. The van der Waals surface area contributed by atoms with Crippen molar-refractivity contribution in [2.45, 2.75) is 12.8 Å². The van der Waals surface area contributed by atoms with E-state index in [1.165, 1.54) is 9.75 Å². The fourth-order valence-electron chi connectivity index (χ4n) is 0.953. The lowest BCUT2D eigenvalue weighted by Gasteiger charge is -2.07. The molecule has 1 aromatic rings. The highest BCUT2D eigenvalue weighted by Crippen LogP contribution is 2.24. The van der Waals surface area contributed by atoms with Gasteiger partial charge in [0.15, 0.2) is 0 Å². The van der Waals surface area contributed by atoms with Crippen LogP contribution in [0.1, 0.15) is 15.7 Å². The Hall–Kier alpha value is 0.01000. The summed E-state index contributed by atoms with van der Waals surface area (Å²) in [7, 11) is 0. The molecule has 0 saturated carbocycles. The zero-order chi connectivity index (χ0) is 8.27. The molecule has 0 saturated heterocycles. The Morgan fingerprint density at radius 2 is 2.36 bits per heavy atom. The molecule has 0 amide bonds. The number of rotatable bonds is 3. The van der Waals surface area contributed by atoms with Crippen molar-refractivity contribution in [3.8, 4) is 0 Å². The van der Waals surface area contributed by atoms with Crippen molar-refractivity contribution >= 4 is 24.0 Å². The van der Waals surface area contributed by atoms with Crippen LogP contribution in [-0.2, 0) is 0 Å². The van der Waals surface area contributed by atoms with Gasteiger partial charge in [0.05, 0.1) is 0 Å². The monoisotopic (exact) mass is 187 g/mol. The van der Waals surface area contributed by atoms with Crippen LogP contribution in [0.2, 0.25) is 0 Å². The third kappa shape index (κ3) is 2.22. The average Bonchev–Trinajstić information content (AvgIpc) is 2.39. The summed E-state index contributed by atoms with van der Waals surface area (Å²) in [6.07, 6.45) is 0. The molecule has 3 heteroatoms. The molecule has 0 spiro atoms.